The van der Waals surface area contributed by atoms with Gasteiger partial charge in [0.15, 0.2) is 0 Å². The van der Waals surface area contributed by atoms with Gasteiger partial charge in [-0.1, -0.05) is 29.8 Å². The van der Waals surface area contributed by atoms with E-state index in [1.807, 2.05) is 24.3 Å². The minimum atomic E-state index is 0.637. The van der Waals surface area contributed by atoms with Crippen molar-refractivity contribution < 1.29 is 4.74 Å². The van der Waals surface area contributed by atoms with Crippen LogP contribution in [0.5, 0.6) is 5.75 Å². The van der Waals surface area contributed by atoms with Crippen LogP contribution in [0.1, 0.15) is 5.56 Å². The van der Waals surface area contributed by atoms with E-state index < -0.39 is 0 Å². The van der Waals surface area contributed by atoms with Gasteiger partial charge in [-0.15, -0.1) is 0 Å². The lowest BCUT2D eigenvalue weighted by Gasteiger charge is -2.10. The van der Waals surface area contributed by atoms with Gasteiger partial charge < -0.3 is 10.1 Å². The van der Waals surface area contributed by atoms with Crippen molar-refractivity contribution in [3.8, 4) is 5.75 Å². The van der Waals surface area contributed by atoms with Gasteiger partial charge in [0.2, 0.25) is 0 Å². The molecule has 0 amide bonds. The second kappa shape index (κ2) is 6.26. The van der Waals surface area contributed by atoms with Crippen LogP contribution in [-0.4, -0.2) is 18.6 Å². The van der Waals surface area contributed by atoms with Crippen molar-refractivity contribution in [2.24, 2.45) is 0 Å². The molecule has 0 unspecified atom stereocenters. The molecule has 3 nitrogen and oxygen atoms in total. The second-order valence-corrected chi connectivity index (χ2v) is 4.25. The Morgan fingerprint density at radius 2 is 2.11 bits per heavy atom. The number of hydrogen-bond acceptors (Lipinski definition) is 3. The standard InChI is InChI=1S/C14H15ClN2O/c1-18-14-5-3-2-4-11(14)6-9-17-13-7-8-16-10-12(13)15/h2-5,7-8,10H,6,9H2,1H3,(H,16,17). The lowest BCUT2D eigenvalue weighted by Crippen LogP contribution is -2.06. The molecule has 0 aliphatic heterocycles. The molecule has 2 rings (SSSR count). The van der Waals surface area contributed by atoms with Gasteiger partial charge in [-0.3, -0.25) is 4.98 Å². The summed E-state index contributed by atoms with van der Waals surface area (Å²) in [6, 6.07) is 9.88. The number of anilines is 1. The Hall–Kier alpha value is -1.74. The largest absolute Gasteiger partial charge is 0.496 e. The number of nitrogens with one attached hydrogen (secondary N) is 1. The Morgan fingerprint density at radius 3 is 2.89 bits per heavy atom. The number of para-hydroxylation sites is 1. The third-order valence-electron chi connectivity index (χ3n) is 2.67. The molecular formula is C14H15ClN2O. The smallest absolute Gasteiger partial charge is 0.122 e. The molecule has 1 aromatic heterocycles. The fraction of sp³-hybridized carbons (Fsp3) is 0.214. The second-order valence-electron chi connectivity index (χ2n) is 3.84. The Bertz CT molecular complexity index is 517. The van der Waals surface area contributed by atoms with Gasteiger partial charge in [-0.25, -0.2) is 0 Å². The molecule has 0 aliphatic carbocycles. The molecule has 1 N–H and O–H groups in total. The lowest BCUT2D eigenvalue weighted by atomic mass is 10.1. The van der Waals surface area contributed by atoms with Gasteiger partial charge in [-0.05, 0) is 24.1 Å². The summed E-state index contributed by atoms with van der Waals surface area (Å²) < 4.78 is 5.31. The van der Waals surface area contributed by atoms with Gasteiger partial charge in [0, 0.05) is 18.9 Å². The van der Waals surface area contributed by atoms with E-state index in [1.165, 1.54) is 5.56 Å². The van der Waals surface area contributed by atoms with Gasteiger partial charge in [-0.2, -0.15) is 0 Å². The minimum Gasteiger partial charge on any atom is -0.496 e. The van der Waals surface area contributed by atoms with Crippen LogP contribution in [0.4, 0.5) is 5.69 Å². The number of ether oxygens (including phenoxy) is 1. The number of methoxy groups -OCH3 is 1. The summed E-state index contributed by atoms with van der Waals surface area (Å²) in [4.78, 5) is 3.95. The Balaban J connectivity index is 1.95. The third-order valence-corrected chi connectivity index (χ3v) is 2.98. The van der Waals surface area contributed by atoms with Crippen molar-refractivity contribution in [2.45, 2.75) is 6.42 Å². The van der Waals surface area contributed by atoms with Crippen molar-refractivity contribution in [2.75, 3.05) is 19.0 Å². The van der Waals surface area contributed by atoms with E-state index in [1.54, 1.807) is 19.5 Å². The number of aromatic nitrogens is 1. The predicted octanol–water partition coefficient (Wildman–Crippen LogP) is 3.40. The highest BCUT2D eigenvalue weighted by Gasteiger charge is 2.02. The van der Waals surface area contributed by atoms with E-state index in [4.69, 9.17) is 16.3 Å². The molecule has 0 saturated carbocycles. The van der Waals surface area contributed by atoms with Gasteiger partial charge >= 0.3 is 0 Å². The Morgan fingerprint density at radius 1 is 1.28 bits per heavy atom. The van der Waals surface area contributed by atoms with Crippen LogP contribution in [0.25, 0.3) is 0 Å². The molecule has 0 bridgehead atoms. The SMILES string of the molecule is COc1ccccc1CCNc1ccncc1Cl. The minimum absolute atomic E-state index is 0.637. The number of hydrogen-bond donors (Lipinski definition) is 1. The quantitative estimate of drug-likeness (QED) is 0.897. The molecule has 0 spiro atoms. The van der Waals surface area contributed by atoms with Crippen LogP contribution in [0, 0.1) is 0 Å². The van der Waals surface area contributed by atoms with E-state index in [-0.39, 0.29) is 0 Å². The number of benzene rings is 1. The summed E-state index contributed by atoms with van der Waals surface area (Å²) >= 11 is 6.01. The summed E-state index contributed by atoms with van der Waals surface area (Å²) in [5, 5.41) is 3.92. The maximum Gasteiger partial charge on any atom is 0.122 e. The highest BCUT2D eigenvalue weighted by Crippen LogP contribution is 2.20. The predicted molar refractivity (Wildman–Crippen MR) is 74.4 cm³/mol. The average Bonchev–Trinajstić information content (AvgIpc) is 2.41. The monoisotopic (exact) mass is 262 g/mol. The van der Waals surface area contributed by atoms with Crippen LogP contribution in [0.15, 0.2) is 42.7 Å². The van der Waals surface area contributed by atoms with Crippen molar-refractivity contribution in [1.82, 2.24) is 4.98 Å². The van der Waals surface area contributed by atoms with Crippen LogP contribution >= 0.6 is 11.6 Å². The topological polar surface area (TPSA) is 34.1 Å². The van der Waals surface area contributed by atoms with Crippen LogP contribution < -0.4 is 10.1 Å². The molecule has 94 valence electrons. The van der Waals surface area contributed by atoms with E-state index in [0.29, 0.717) is 5.02 Å². The van der Waals surface area contributed by atoms with Crippen molar-refractivity contribution in [3.63, 3.8) is 0 Å². The maximum absolute atomic E-state index is 6.01. The van der Waals surface area contributed by atoms with E-state index in [9.17, 15) is 0 Å². The van der Waals surface area contributed by atoms with E-state index in [0.717, 1.165) is 24.4 Å². The van der Waals surface area contributed by atoms with Crippen LogP contribution in [0.2, 0.25) is 5.02 Å². The van der Waals surface area contributed by atoms with Crippen molar-refractivity contribution >= 4 is 17.3 Å². The first kappa shape index (κ1) is 12.7. The van der Waals surface area contributed by atoms with Crippen LogP contribution in [-0.2, 0) is 6.42 Å². The summed E-state index contributed by atoms with van der Waals surface area (Å²) in [7, 11) is 1.69. The van der Waals surface area contributed by atoms with Crippen molar-refractivity contribution in [1.29, 1.82) is 0 Å². The number of pyridine rings is 1. The molecule has 0 atom stereocenters. The Labute approximate surface area is 112 Å². The van der Waals surface area contributed by atoms with Gasteiger partial charge in [0.05, 0.1) is 17.8 Å². The number of nitrogens with zero attached hydrogens (tertiary/aromatic N) is 1. The summed E-state index contributed by atoms with van der Waals surface area (Å²) in [5.74, 6) is 0.917. The molecule has 0 saturated heterocycles. The number of rotatable bonds is 5. The van der Waals surface area contributed by atoms with Crippen LogP contribution in [0.3, 0.4) is 0 Å². The number of halogens is 1. The molecule has 0 fully saturated rings. The zero-order valence-corrected chi connectivity index (χ0v) is 10.9. The zero-order valence-electron chi connectivity index (χ0n) is 10.2. The van der Waals surface area contributed by atoms with E-state index in [2.05, 4.69) is 16.4 Å². The molecule has 1 aromatic carbocycles. The Kier molecular flexibility index (Phi) is 4.42. The molecule has 1 heterocycles. The first-order valence-corrected chi connectivity index (χ1v) is 6.14. The van der Waals surface area contributed by atoms with Crippen molar-refractivity contribution in [3.05, 3.63) is 53.3 Å². The fourth-order valence-corrected chi connectivity index (χ4v) is 1.95. The zero-order chi connectivity index (χ0) is 12.8. The highest BCUT2D eigenvalue weighted by atomic mass is 35.5. The molecule has 4 heteroatoms. The molecule has 18 heavy (non-hydrogen) atoms. The first-order valence-electron chi connectivity index (χ1n) is 5.76. The molecule has 0 radical (unpaired) electrons. The first-order chi connectivity index (χ1) is 8.81. The molecule has 0 aliphatic rings. The summed E-state index contributed by atoms with van der Waals surface area (Å²) in [6.07, 6.45) is 4.23. The van der Waals surface area contributed by atoms with Gasteiger partial charge in [0.25, 0.3) is 0 Å². The van der Waals surface area contributed by atoms with Gasteiger partial charge in [0.1, 0.15) is 5.75 Å². The summed E-state index contributed by atoms with van der Waals surface area (Å²) in [6.45, 7) is 0.796. The maximum atomic E-state index is 6.01. The molecular weight excluding hydrogens is 248 g/mol. The lowest BCUT2D eigenvalue weighted by molar-refractivity contribution is 0.410. The fourth-order valence-electron chi connectivity index (χ4n) is 1.76. The third kappa shape index (κ3) is 3.14. The summed E-state index contributed by atoms with van der Waals surface area (Å²) in [5.41, 5.74) is 2.08. The average molecular weight is 263 g/mol. The molecule has 2 aromatic rings. The van der Waals surface area contributed by atoms with E-state index >= 15 is 0 Å². The highest BCUT2D eigenvalue weighted by molar-refractivity contribution is 6.33. The normalized spacial score (nSPS) is 10.1.